The van der Waals surface area contributed by atoms with Gasteiger partial charge in [-0.25, -0.2) is 0 Å². The minimum atomic E-state index is 0.470. The molecule has 1 aromatic carbocycles. The SMILES string of the molecule is CNC(Cc1csc2ccccc12)C1CCCCC1(C)C. The Kier molecular flexibility index (Phi) is 4.37. The number of rotatable bonds is 4. The van der Waals surface area contributed by atoms with E-state index in [1.165, 1.54) is 41.3 Å². The van der Waals surface area contributed by atoms with Crippen LogP contribution in [0.2, 0.25) is 0 Å². The third kappa shape index (κ3) is 3.02. The molecule has 0 spiro atoms. The summed E-state index contributed by atoms with van der Waals surface area (Å²) in [5, 5.41) is 7.46. The topological polar surface area (TPSA) is 12.0 Å². The average molecular weight is 301 g/mol. The van der Waals surface area contributed by atoms with Gasteiger partial charge in [0.05, 0.1) is 0 Å². The fourth-order valence-electron chi connectivity index (χ4n) is 4.14. The first-order valence-corrected chi connectivity index (χ1v) is 9.12. The molecule has 1 N–H and O–H groups in total. The maximum absolute atomic E-state index is 3.64. The van der Waals surface area contributed by atoms with Gasteiger partial charge in [0.25, 0.3) is 0 Å². The van der Waals surface area contributed by atoms with Gasteiger partial charge in [0.2, 0.25) is 0 Å². The summed E-state index contributed by atoms with van der Waals surface area (Å²) in [5.41, 5.74) is 1.99. The molecule has 3 rings (SSSR count). The van der Waals surface area contributed by atoms with Crippen molar-refractivity contribution < 1.29 is 0 Å². The van der Waals surface area contributed by atoms with Crippen LogP contribution in [0, 0.1) is 11.3 Å². The van der Waals surface area contributed by atoms with E-state index < -0.39 is 0 Å². The van der Waals surface area contributed by atoms with Crippen LogP contribution >= 0.6 is 11.3 Å². The normalized spacial score (nSPS) is 23.3. The van der Waals surface area contributed by atoms with Gasteiger partial charge in [-0.2, -0.15) is 0 Å². The smallest absolute Gasteiger partial charge is 0.0345 e. The Hall–Kier alpha value is -0.860. The molecule has 114 valence electrons. The number of thiophene rings is 1. The van der Waals surface area contributed by atoms with Crippen LogP contribution in [0.15, 0.2) is 29.6 Å². The summed E-state index contributed by atoms with van der Waals surface area (Å²) in [4.78, 5) is 0. The molecule has 1 aromatic heterocycles. The first kappa shape index (κ1) is 15.1. The van der Waals surface area contributed by atoms with E-state index in [2.05, 4.69) is 55.9 Å². The summed E-state index contributed by atoms with van der Waals surface area (Å²) >= 11 is 1.89. The van der Waals surface area contributed by atoms with E-state index in [1.54, 1.807) is 0 Å². The van der Waals surface area contributed by atoms with Crippen molar-refractivity contribution in [1.29, 1.82) is 0 Å². The Labute approximate surface area is 132 Å². The van der Waals surface area contributed by atoms with Gasteiger partial charge in [-0.15, -0.1) is 11.3 Å². The largest absolute Gasteiger partial charge is 0.316 e. The van der Waals surface area contributed by atoms with Crippen molar-refractivity contribution in [3.8, 4) is 0 Å². The molecule has 1 heterocycles. The third-order valence-electron chi connectivity index (χ3n) is 5.45. The maximum Gasteiger partial charge on any atom is 0.0345 e. The number of nitrogens with one attached hydrogen (secondary N) is 1. The molecular formula is C19H27NS. The summed E-state index contributed by atoms with van der Waals surface area (Å²) in [7, 11) is 2.14. The van der Waals surface area contributed by atoms with Crippen molar-refractivity contribution in [2.75, 3.05) is 7.05 Å². The first-order valence-electron chi connectivity index (χ1n) is 8.24. The molecule has 1 saturated carbocycles. The molecule has 0 aliphatic heterocycles. The Balaban J connectivity index is 1.84. The van der Waals surface area contributed by atoms with Crippen LogP contribution in [0.3, 0.4) is 0 Å². The lowest BCUT2D eigenvalue weighted by atomic mass is 9.65. The summed E-state index contributed by atoms with van der Waals surface area (Å²) < 4.78 is 1.42. The lowest BCUT2D eigenvalue weighted by molar-refractivity contribution is 0.101. The lowest BCUT2D eigenvalue weighted by Crippen LogP contribution is -2.44. The Morgan fingerprint density at radius 2 is 2.10 bits per heavy atom. The zero-order chi connectivity index (χ0) is 14.9. The molecule has 0 amide bonds. The van der Waals surface area contributed by atoms with E-state index in [-0.39, 0.29) is 0 Å². The summed E-state index contributed by atoms with van der Waals surface area (Å²) in [5.74, 6) is 0.787. The molecule has 2 heteroatoms. The number of hydrogen-bond acceptors (Lipinski definition) is 2. The van der Waals surface area contributed by atoms with Crippen molar-refractivity contribution in [3.05, 3.63) is 35.2 Å². The van der Waals surface area contributed by atoms with Gasteiger partial charge in [-0.1, -0.05) is 44.9 Å². The van der Waals surface area contributed by atoms with E-state index in [0.29, 0.717) is 11.5 Å². The van der Waals surface area contributed by atoms with E-state index in [0.717, 1.165) is 12.3 Å². The second-order valence-corrected chi connectivity index (χ2v) is 8.11. The van der Waals surface area contributed by atoms with Gasteiger partial charge in [-0.05, 0) is 60.0 Å². The minimum Gasteiger partial charge on any atom is -0.316 e. The minimum absolute atomic E-state index is 0.470. The highest BCUT2D eigenvalue weighted by Crippen LogP contribution is 2.43. The van der Waals surface area contributed by atoms with Crippen molar-refractivity contribution in [3.63, 3.8) is 0 Å². The molecule has 1 aliphatic rings. The standard InChI is InChI=1S/C19H27NS/c1-19(2)11-7-6-9-16(19)17(20-3)12-14-13-21-18-10-5-4-8-15(14)18/h4-5,8,10,13,16-17,20H,6-7,9,11-12H2,1-3H3. The second kappa shape index (κ2) is 6.10. The van der Waals surface area contributed by atoms with Gasteiger partial charge in [0.1, 0.15) is 0 Å². The highest BCUT2D eigenvalue weighted by atomic mass is 32.1. The molecule has 1 aliphatic carbocycles. The van der Waals surface area contributed by atoms with Crippen LogP contribution in [0.5, 0.6) is 0 Å². The van der Waals surface area contributed by atoms with Gasteiger partial charge in [0.15, 0.2) is 0 Å². The quantitative estimate of drug-likeness (QED) is 0.813. The van der Waals surface area contributed by atoms with Crippen LogP contribution in [-0.4, -0.2) is 13.1 Å². The van der Waals surface area contributed by atoms with Gasteiger partial charge >= 0.3 is 0 Å². The monoisotopic (exact) mass is 301 g/mol. The van der Waals surface area contributed by atoms with E-state index >= 15 is 0 Å². The van der Waals surface area contributed by atoms with E-state index in [9.17, 15) is 0 Å². The number of hydrogen-bond donors (Lipinski definition) is 1. The van der Waals surface area contributed by atoms with Crippen LogP contribution in [0.25, 0.3) is 10.1 Å². The van der Waals surface area contributed by atoms with Crippen LogP contribution < -0.4 is 5.32 Å². The fourth-order valence-corrected chi connectivity index (χ4v) is 5.12. The van der Waals surface area contributed by atoms with Gasteiger partial charge < -0.3 is 5.32 Å². The molecule has 1 nitrogen and oxygen atoms in total. The first-order chi connectivity index (χ1) is 10.1. The molecule has 0 radical (unpaired) electrons. The molecule has 2 unspecified atom stereocenters. The van der Waals surface area contributed by atoms with Gasteiger partial charge in [-0.3, -0.25) is 0 Å². The van der Waals surface area contributed by atoms with Crippen molar-refractivity contribution in [2.45, 2.75) is 52.0 Å². The molecule has 0 bridgehead atoms. The molecule has 0 saturated heterocycles. The number of fused-ring (bicyclic) bond motifs is 1. The summed E-state index contributed by atoms with van der Waals surface area (Å²) in [6, 6.07) is 9.42. The predicted octanol–water partition coefficient (Wildman–Crippen LogP) is 5.25. The lowest BCUT2D eigenvalue weighted by Gasteiger charge is -2.43. The summed E-state index contributed by atoms with van der Waals surface area (Å²) in [6.07, 6.45) is 6.72. The van der Waals surface area contributed by atoms with Crippen LogP contribution in [0.1, 0.15) is 45.1 Å². The third-order valence-corrected chi connectivity index (χ3v) is 6.46. The second-order valence-electron chi connectivity index (χ2n) is 7.20. The zero-order valence-corrected chi connectivity index (χ0v) is 14.3. The number of benzene rings is 1. The van der Waals surface area contributed by atoms with Crippen molar-refractivity contribution in [1.82, 2.24) is 5.32 Å². The number of likely N-dealkylation sites (N-methyl/N-ethyl adjacent to an activating group) is 1. The molecule has 21 heavy (non-hydrogen) atoms. The maximum atomic E-state index is 3.64. The molecule has 2 aromatic rings. The Morgan fingerprint density at radius 1 is 1.29 bits per heavy atom. The molecular weight excluding hydrogens is 274 g/mol. The van der Waals surface area contributed by atoms with Gasteiger partial charge in [0, 0.05) is 10.7 Å². The average Bonchev–Trinajstić information content (AvgIpc) is 2.88. The van der Waals surface area contributed by atoms with Crippen molar-refractivity contribution >= 4 is 21.4 Å². The Morgan fingerprint density at radius 3 is 2.86 bits per heavy atom. The Bertz CT molecular complexity index is 598. The van der Waals surface area contributed by atoms with Crippen LogP contribution in [0.4, 0.5) is 0 Å². The highest BCUT2D eigenvalue weighted by molar-refractivity contribution is 7.17. The molecule has 1 fully saturated rings. The van der Waals surface area contributed by atoms with Crippen molar-refractivity contribution in [2.24, 2.45) is 11.3 Å². The van der Waals surface area contributed by atoms with E-state index in [4.69, 9.17) is 0 Å². The summed E-state index contributed by atoms with van der Waals surface area (Å²) in [6.45, 7) is 4.93. The predicted molar refractivity (Wildman–Crippen MR) is 94.1 cm³/mol. The van der Waals surface area contributed by atoms with E-state index in [1.807, 2.05) is 11.3 Å². The fraction of sp³-hybridized carbons (Fsp3) is 0.579. The highest BCUT2D eigenvalue weighted by Gasteiger charge is 2.37. The van der Waals surface area contributed by atoms with Crippen LogP contribution in [-0.2, 0) is 6.42 Å². The molecule has 2 atom stereocenters. The zero-order valence-electron chi connectivity index (χ0n) is 13.5.